The van der Waals surface area contributed by atoms with Crippen molar-refractivity contribution in [2.45, 2.75) is 6.92 Å². The summed E-state index contributed by atoms with van der Waals surface area (Å²) < 4.78 is 11.4. The Labute approximate surface area is 173 Å². The van der Waals surface area contributed by atoms with Crippen molar-refractivity contribution in [2.75, 3.05) is 31.1 Å². The van der Waals surface area contributed by atoms with Gasteiger partial charge < -0.3 is 19.1 Å². The lowest BCUT2D eigenvalue weighted by atomic mass is 9.97. The van der Waals surface area contributed by atoms with E-state index in [9.17, 15) is 9.59 Å². The van der Waals surface area contributed by atoms with Gasteiger partial charge in [-0.3, -0.25) is 9.59 Å². The number of anilines is 1. The van der Waals surface area contributed by atoms with Crippen LogP contribution in [0.1, 0.15) is 5.56 Å². The third-order valence-corrected chi connectivity index (χ3v) is 5.76. The van der Waals surface area contributed by atoms with E-state index in [1.807, 2.05) is 43.3 Å². The molecule has 2 aliphatic heterocycles. The van der Waals surface area contributed by atoms with Crippen molar-refractivity contribution in [3.8, 4) is 17.1 Å². The van der Waals surface area contributed by atoms with Gasteiger partial charge in [0.2, 0.25) is 5.91 Å². The van der Waals surface area contributed by atoms with E-state index in [0.717, 1.165) is 27.7 Å². The van der Waals surface area contributed by atoms with Gasteiger partial charge in [-0.1, -0.05) is 23.9 Å². The van der Waals surface area contributed by atoms with Crippen molar-refractivity contribution in [3.63, 3.8) is 0 Å². The summed E-state index contributed by atoms with van der Waals surface area (Å²) in [7, 11) is 0. The summed E-state index contributed by atoms with van der Waals surface area (Å²) in [6.07, 6.45) is 1.32. The number of aryl methyl sites for hydroxylation is 1. The number of hydrogen-bond acceptors (Lipinski definition) is 5. The minimum Gasteiger partial charge on any atom is -0.482 e. The van der Waals surface area contributed by atoms with E-state index < -0.39 is 0 Å². The Bertz CT molecular complexity index is 1180. The Balaban J connectivity index is 1.45. The number of amides is 2. The number of hydrogen-bond donors (Lipinski definition) is 0. The van der Waals surface area contributed by atoms with E-state index in [4.69, 9.17) is 9.26 Å². The summed E-state index contributed by atoms with van der Waals surface area (Å²) in [4.78, 5) is 27.8. The molecule has 2 aromatic carbocycles. The van der Waals surface area contributed by atoms with Crippen LogP contribution in [0.4, 0.5) is 5.69 Å². The fourth-order valence-corrected chi connectivity index (χ4v) is 4.13. The summed E-state index contributed by atoms with van der Waals surface area (Å²) >= 11 is 0. The Morgan fingerprint density at radius 3 is 2.90 bits per heavy atom. The number of carbonyl (C=O) groups is 2. The Kier molecular flexibility index (Phi) is 4.31. The molecule has 0 aliphatic carbocycles. The van der Waals surface area contributed by atoms with Crippen LogP contribution in [0.3, 0.4) is 0 Å². The van der Waals surface area contributed by atoms with E-state index in [2.05, 4.69) is 11.7 Å². The molecule has 7 nitrogen and oxygen atoms in total. The molecule has 1 fully saturated rings. The monoisotopic (exact) mass is 403 g/mol. The van der Waals surface area contributed by atoms with E-state index in [1.54, 1.807) is 9.80 Å². The van der Waals surface area contributed by atoms with Crippen LogP contribution in [0.25, 0.3) is 22.2 Å². The van der Waals surface area contributed by atoms with Crippen LogP contribution in [0, 0.1) is 12.8 Å². The lowest BCUT2D eigenvalue weighted by Gasteiger charge is -2.42. The number of nitrogens with zero attached hydrogens (tertiary/aromatic N) is 3. The predicted molar refractivity (Wildman–Crippen MR) is 112 cm³/mol. The van der Waals surface area contributed by atoms with E-state index in [1.165, 1.54) is 6.08 Å². The molecule has 1 saturated heterocycles. The van der Waals surface area contributed by atoms with Gasteiger partial charge in [0.1, 0.15) is 11.3 Å². The average molecular weight is 403 g/mol. The van der Waals surface area contributed by atoms with Crippen molar-refractivity contribution < 1.29 is 18.8 Å². The topological polar surface area (TPSA) is 75.9 Å². The summed E-state index contributed by atoms with van der Waals surface area (Å²) in [5.41, 5.74) is 3.41. The van der Waals surface area contributed by atoms with Gasteiger partial charge in [0.25, 0.3) is 5.91 Å². The van der Waals surface area contributed by atoms with Gasteiger partial charge in [0, 0.05) is 36.5 Å². The molecule has 0 saturated carbocycles. The van der Waals surface area contributed by atoms with Crippen molar-refractivity contribution >= 4 is 28.4 Å². The Morgan fingerprint density at radius 1 is 1.30 bits per heavy atom. The second-order valence-electron chi connectivity index (χ2n) is 7.77. The molecule has 0 spiro atoms. The maximum Gasteiger partial charge on any atom is 0.265 e. The molecule has 0 atom stereocenters. The van der Waals surface area contributed by atoms with Gasteiger partial charge in [0.05, 0.1) is 5.69 Å². The SMILES string of the molecule is C=CC(=O)N1CC(CN2C(=O)COc3cc(-c4onc5ccccc45)c(C)cc32)C1. The van der Waals surface area contributed by atoms with Gasteiger partial charge in [-0.2, -0.15) is 0 Å². The number of ether oxygens (including phenoxy) is 1. The molecule has 3 aromatic rings. The van der Waals surface area contributed by atoms with E-state index >= 15 is 0 Å². The Morgan fingerprint density at radius 2 is 2.10 bits per heavy atom. The van der Waals surface area contributed by atoms with Gasteiger partial charge in [-0.25, -0.2) is 0 Å². The predicted octanol–water partition coefficient (Wildman–Crippen LogP) is 3.17. The number of aromatic nitrogens is 1. The molecular formula is C23H21N3O4. The second kappa shape index (κ2) is 7.02. The van der Waals surface area contributed by atoms with Gasteiger partial charge in [0.15, 0.2) is 12.4 Å². The van der Waals surface area contributed by atoms with Crippen molar-refractivity contribution in [2.24, 2.45) is 5.92 Å². The minimum absolute atomic E-state index is 0.00528. The largest absolute Gasteiger partial charge is 0.482 e. The molecule has 0 bridgehead atoms. The van der Waals surface area contributed by atoms with Crippen LogP contribution in [-0.2, 0) is 9.59 Å². The van der Waals surface area contributed by atoms with E-state index in [0.29, 0.717) is 31.1 Å². The molecule has 5 rings (SSSR count). The number of carbonyl (C=O) groups excluding carboxylic acids is 2. The molecular weight excluding hydrogens is 382 g/mol. The third-order valence-electron chi connectivity index (χ3n) is 5.76. The Hall–Kier alpha value is -3.61. The normalized spacial score (nSPS) is 16.2. The van der Waals surface area contributed by atoms with Gasteiger partial charge in [-0.05, 0) is 42.8 Å². The summed E-state index contributed by atoms with van der Waals surface area (Å²) in [5.74, 6) is 1.43. The fraction of sp³-hybridized carbons (Fsp3) is 0.261. The maximum absolute atomic E-state index is 12.6. The smallest absolute Gasteiger partial charge is 0.265 e. The highest BCUT2D eigenvalue weighted by Crippen LogP contribution is 2.41. The first-order valence-corrected chi connectivity index (χ1v) is 9.89. The van der Waals surface area contributed by atoms with Crippen molar-refractivity contribution in [1.29, 1.82) is 0 Å². The van der Waals surface area contributed by atoms with Crippen molar-refractivity contribution in [1.82, 2.24) is 10.1 Å². The first kappa shape index (κ1) is 18.4. The number of fused-ring (bicyclic) bond motifs is 2. The highest BCUT2D eigenvalue weighted by molar-refractivity contribution is 6.00. The molecule has 7 heteroatoms. The highest BCUT2D eigenvalue weighted by Gasteiger charge is 2.35. The molecule has 2 aliphatic rings. The van der Waals surface area contributed by atoms with Crippen LogP contribution in [0.15, 0.2) is 53.6 Å². The van der Waals surface area contributed by atoms with Crippen LogP contribution in [0.5, 0.6) is 5.75 Å². The first-order valence-electron chi connectivity index (χ1n) is 9.89. The number of likely N-dealkylation sites (tertiary alicyclic amines) is 1. The van der Waals surface area contributed by atoms with Gasteiger partial charge in [-0.15, -0.1) is 0 Å². The molecule has 0 unspecified atom stereocenters. The quantitative estimate of drug-likeness (QED) is 0.626. The fourth-order valence-electron chi connectivity index (χ4n) is 4.13. The molecule has 30 heavy (non-hydrogen) atoms. The zero-order valence-electron chi connectivity index (χ0n) is 16.6. The summed E-state index contributed by atoms with van der Waals surface area (Å²) in [6.45, 7) is 7.32. The van der Waals surface area contributed by atoms with Crippen LogP contribution in [0.2, 0.25) is 0 Å². The highest BCUT2D eigenvalue weighted by atomic mass is 16.5. The summed E-state index contributed by atoms with van der Waals surface area (Å²) in [5, 5.41) is 5.08. The molecule has 3 heterocycles. The molecule has 1 aromatic heterocycles. The summed E-state index contributed by atoms with van der Waals surface area (Å²) in [6, 6.07) is 11.6. The first-order chi connectivity index (χ1) is 14.5. The molecule has 2 amide bonds. The average Bonchev–Trinajstić information content (AvgIpc) is 3.15. The van der Waals surface area contributed by atoms with Gasteiger partial charge >= 0.3 is 0 Å². The number of benzene rings is 2. The standard InChI is InChI=1S/C23H21N3O4/c1-3-21(27)25-10-15(11-25)12-26-19-8-14(2)17(9-20(19)29-13-22(26)28)23-16-6-4-5-7-18(16)24-30-23/h3-9,15H,1,10-13H2,2H3. The van der Waals surface area contributed by atoms with E-state index in [-0.39, 0.29) is 24.3 Å². The van der Waals surface area contributed by atoms with Crippen molar-refractivity contribution in [3.05, 3.63) is 54.6 Å². The third kappa shape index (κ3) is 2.94. The zero-order chi connectivity index (χ0) is 20.8. The lowest BCUT2D eigenvalue weighted by Crippen LogP contribution is -2.55. The maximum atomic E-state index is 12.6. The number of rotatable bonds is 4. The minimum atomic E-state index is -0.0757. The van der Waals surface area contributed by atoms with Crippen LogP contribution >= 0.6 is 0 Å². The van der Waals surface area contributed by atoms with Crippen LogP contribution in [-0.4, -0.2) is 48.1 Å². The second-order valence-corrected chi connectivity index (χ2v) is 7.77. The lowest BCUT2D eigenvalue weighted by molar-refractivity contribution is -0.131. The van der Waals surface area contributed by atoms with Crippen LogP contribution < -0.4 is 9.64 Å². The molecule has 0 radical (unpaired) electrons. The molecule has 0 N–H and O–H groups in total. The molecule has 152 valence electrons. The zero-order valence-corrected chi connectivity index (χ0v) is 16.6.